The molecule has 3 atom stereocenters. The first-order chi connectivity index (χ1) is 14.4. The van der Waals surface area contributed by atoms with Crippen molar-refractivity contribution in [2.45, 2.75) is 38.6 Å². The second kappa shape index (κ2) is 6.89. The third-order valence-electron chi connectivity index (χ3n) is 5.48. The predicted octanol–water partition coefficient (Wildman–Crippen LogP) is 2.37. The van der Waals surface area contributed by atoms with Crippen LogP contribution in [-0.2, 0) is 0 Å². The van der Waals surface area contributed by atoms with Crippen LogP contribution in [0.15, 0.2) is 24.5 Å². The van der Waals surface area contributed by atoms with Gasteiger partial charge < -0.3 is 15.0 Å². The summed E-state index contributed by atoms with van der Waals surface area (Å²) in [6.45, 7) is 3.81. The molecule has 1 fully saturated rings. The van der Waals surface area contributed by atoms with Gasteiger partial charge in [0, 0.05) is 18.2 Å². The normalized spacial score (nSPS) is 23.8. The van der Waals surface area contributed by atoms with Crippen molar-refractivity contribution in [3.8, 4) is 5.88 Å². The molecule has 5 heterocycles. The Labute approximate surface area is 170 Å². The van der Waals surface area contributed by atoms with Crippen LogP contribution in [0.5, 0.6) is 5.88 Å². The van der Waals surface area contributed by atoms with Crippen LogP contribution in [-0.4, -0.2) is 50.9 Å². The second-order valence-electron chi connectivity index (χ2n) is 7.70. The van der Waals surface area contributed by atoms with Crippen molar-refractivity contribution in [3.63, 3.8) is 0 Å². The molecule has 0 unspecified atom stereocenters. The summed E-state index contributed by atoms with van der Waals surface area (Å²) in [4.78, 5) is 23.3. The standard InChI is InChI=1S/C20H20F2N6O2/c1-10-7-23-19(29)17-11(2)26-28-4-3-16(25-18(17)28)27-9-13(22)6-15(27)14-5-12(21)8-24-20(14)30-10/h3-5,8,10,13,15H,6-7,9H2,1-2H3,(H,23,29)/t10-,13-,15+/m0/s1. The first-order valence-electron chi connectivity index (χ1n) is 9.77. The van der Waals surface area contributed by atoms with Crippen LogP contribution < -0.4 is 15.0 Å². The highest BCUT2D eigenvalue weighted by molar-refractivity contribution is 6.01. The molecular weight excluding hydrogens is 394 g/mol. The highest BCUT2D eigenvalue weighted by Crippen LogP contribution is 2.40. The van der Waals surface area contributed by atoms with E-state index in [1.54, 1.807) is 31.0 Å². The monoisotopic (exact) mass is 414 g/mol. The number of amides is 1. The van der Waals surface area contributed by atoms with Gasteiger partial charge in [0.2, 0.25) is 5.88 Å². The van der Waals surface area contributed by atoms with Gasteiger partial charge in [-0.15, -0.1) is 0 Å². The van der Waals surface area contributed by atoms with Gasteiger partial charge in [-0.25, -0.2) is 23.3 Å². The van der Waals surface area contributed by atoms with Crippen molar-refractivity contribution in [1.82, 2.24) is 24.9 Å². The summed E-state index contributed by atoms with van der Waals surface area (Å²) < 4.78 is 36.0. The van der Waals surface area contributed by atoms with Gasteiger partial charge in [0.05, 0.1) is 31.0 Å². The maximum absolute atomic E-state index is 14.5. The van der Waals surface area contributed by atoms with Gasteiger partial charge in [0.25, 0.3) is 5.91 Å². The lowest BCUT2D eigenvalue weighted by Gasteiger charge is -2.27. The zero-order valence-electron chi connectivity index (χ0n) is 16.5. The number of fused-ring (bicyclic) bond motifs is 5. The minimum absolute atomic E-state index is 0.0913. The van der Waals surface area contributed by atoms with E-state index in [2.05, 4.69) is 20.4 Å². The van der Waals surface area contributed by atoms with Crippen molar-refractivity contribution < 1.29 is 18.3 Å². The Balaban J connectivity index is 1.72. The van der Waals surface area contributed by atoms with E-state index >= 15 is 0 Å². The van der Waals surface area contributed by atoms with Crippen molar-refractivity contribution in [2.24, 2.45) is 0 Å². The average molecular weight is 414 g/mol. The highest BCUT2D eigenvalue weighted by Gasteiger charge is 2.37. The van der Waals surface area contributed by atoms with Gasteiger partial charge in [0.15, 0.2) is 5.65 Å². The largest absolute Gasteiger partial charge is 0.473 e. The average Bonchev–Trinajstić information content (AvgIpc) is 3.25. The first-order valence-corrected chi connectivity index (χ1v) is 9.77. The number of alkyl halides is 1. The predicted molar refractivity (Wildman–Crippen MR) is 104 cm³/mol. The van der Waals surface area contributed by atoms with Gasteiger partial charge >= 0.3 is 0 Å². The molecule has 5 rings (SSSR count). The van der Waals surface area contributed by atoms with Gasteiger partial charge in [-0.05, 0) is 26.0 Å². The number of carbonyl (C=O) groups excluding carboxylic acids is 1. The number of hydrogen-bond donors (Lipinski definition) is 1. The van der Waals surface area contributed by atoms with Crippen LogP contribution in [0, 0.1) is 12.7 Å². The molecule has 2 aliphatic heterocycles. The zero-order chi connectivity index (χ0) is 21.0. The molecule has 1 saturated heterocycles. The number of halogens is 2. The van der Waals surface area contributed by atoms with Crippen molar-refractivity contribution >= 4 is 17.4 Å². The van der Waals surface area contributed by atoms with Crippen molar-refractivity contribution in [3.05, 3.63) is 47.2 Å². The Morgan fingerprint density at radius 3 is 3.03 bits per heavy atom. The van der Waals surface area contributed by atoms with Crippen LogP contribution in [0.25, 0.3) is 5.65 Å². The molecule has 156 valence electrons. The zero-order valence-corrected chi connectivity index (χ0v) is 16.5. The van der Waals surface area contributed by atoms with E-state index in [4.69, 9.17) is 4.74 Å². The van der Waals surface area contributed by atoms with E-state index in [-0.39, 0.29) is 31.3 Å². The molecule has 1 amide bonds. The van der Waals surface area contributed by atoms with E-state index in [1.807, 2.05) is 0 Å². The Hall–Kier alpha value is -3.30. The Kier molecular flexibility index (Phi) is 4.30. The third kappa shape index (κ3) is 3.03. The number of anilines is 1. The Bertz CT molecular complexity index is 1150. The van der Waals surface area contributed by atoms with Crippen LogP contribution in [0.1, 0.15) is 41.0 Å². The number of aryl methyl sites for hydroxylation is 1. The lowest BCUT2D eigenvalue weighted by molar-refractivity contribution is 0.0931. The Morgan fingerprint density at radius 2 is 2.20 bits per heavy atom. The minimum atomic E-state index is -1.12. The lowest BCUT2D eigenvalue weighted by atomic mass is 10.1. The number of ether oxygens (including phenoxy) is 1. The van der Waals surface area contributed by atoms with Crippen molar-refractivity contribution in [1.29, 1.82) is 0 Å². The molecule has 0 saturated carbocycles. The van der Waals surface area contributed by atoms with E-state index in [1.165, 1.54) is 10.6 Å². The van der Waals surface area contributed by atoms with E-state index in [0.29, 0.717) is 28.3 Å². The minimum Gasteiger partial charge on any atom is -0.473 e. The van der Waals surface area contributed by atoms with Crippen LogP contribution >= 0.6 is 0 Å². The number of hydrogen-bond acceptors (Lipinski definition) is 6. The fourth-order valence-electron chi connectivity index (χ4n) is 4.12. The summed E-state index contributed by atoms with van der Waals surface area (Å²) in [7, 11) is 0. The molecule has 0 aliphatic carbocycles. The summed E-state index contributed by atoms with van der Waals surface area (Å²) in [6.07, 6.45) is 1.35. The number of rotatable bonds is 0. The van der Waals surface area contributed by atoms with E-state index in [9.17, 15) is 13.6 Å². The van der Waals surface area contributed by atoms with Crippen LogP contribution in [0.4, 0.5) is 14.6 Å². The van der Waals surface area contributed by atoms with E-state index in [0.717, 1.165) is 6.20 Å². The summed E-state index contributed by atoms with van der Waals surface area (Å²) in [5.74, 6) is -0.150. The fraction of sp³-hybridized carbons (Fsp3) is 0.400. The van der Waals surface area contributed by atoms with Gasteiger partial charge in [-0.1, -0.05) is 0 Å². The number of carbonyl (C=O) groups is 1. The summed E-state index contributed by atoms with van der Waals surface area (Å²) in [5.41, 5.74) is 1.74. The maximum atomic E-state index is 14.5. The maximum Gasteiger partial charge on any atom is 0.257 e. The van der Waals surface area contributed by atoms with Crippen LogP contribution in [0.2, 0.25) is 0 Å². The molecule has 30 heavy (non-hydrogen) atoms. The summed E-state index contributed by atoms with van der Waals surface area (Å²) >= 11 is 0. The summed E-state index contributed by atoms with van der Waals surface area (Å²) in [6, 6.07) is 2.54. The quantitative estimate of drug-likeness (QED) is 0.608. The molecule has 8 nitrogen and oxygen atoms in total. The molecule has 0 radical (unpaired) electrons. The van der Waals surface area contributed by atoms with Gasteiger partial charge in [-0.2, -0.15) is 5.10 Å². The molecule has 2 aliphatic rings. The lowest BCUT2D eigenvalue weighted by Crippen LogP contribution is -2.34. The van der Waals surface area contributed by atoms with Gasteiger partial charge in [-0.3, -0.25) is 4.79 Å². The summed E-state index contributed by atoms with van der Waals surface area (Å²) in [5, 5.41) is 7.19. The number of pyridine rings is 1. The molecule has 2 bridgehead atoms. The van der Waals surface area contributed by atoms with Crippen molar-refractivity contribution in [2.75, 3.05) is 18.0 Å². The molecule has 3 aromatic rings. The third-order valence-corrected chi connectivity index (χ3v) is 5.48. The second-order valence-corrected chi connectivity index (χ2v) is 7.70. The number of aromatic nitrogens is 4. The molecule has 10 heteroatoms. The molecule has 1 N–H and O–H groups in total. The van der Waals surface area contributed by atoms with Crippen LogP contribution in [0.3, 0.4) is 0 Å². The SMILES string of the molecule is Cc1nn2ccc3nc2c1C(=O)NC[C@H](C)Oc1ncc(F)cc1[C@H]1C[C@H](F)CN31. The fourth-order valence-corrected chi connectivity index (χ4v) is 4.12. The molecule has 0 aromatic carbocycles. The Morgan fingerprint density at radius 1 is 1.37 bits per heavy atom. The smallest absolute Gasteiger partial charge is 0.257 e. The molecule has 0 spiro atoms. The van der Waals surface area contributed by atoms with Gasteiger partial charge in [0.1, 0.15) is 29.5 Å². The number of nitrogens with zero attached hydrogens (tertiary/aromatic N) is 5. The molecule has 3 aromatic heterocycles. The van der Waals surface area contributed by atoms with E-state index < -0.39 is 24.1 Å². The first kappa shape index (κ1) is 18.7. The number of nitrogens with one attached hydrogen (secondary N) is 1. The molecular formula is C20H20F2N6O2. The highest BCUT2D eigenvalue weighted by atomic mass is 19.1. The topological polar surface area (TPSA) is 84.7 Å².